The van der Waals surface area contributed by atoms with Crippen molar-refractivity contribution >= 4 is 11.9 Å². The molecule has 2 N–H and O–H groups in total. The number of hydrogen-bond donors (Lipinski definition) is 2. The summed E-state index contributed by atoms with van der Waals surface area (Å²) in [5.41, 5.74) is 3.82. The zero-order chi connectivity index (χ0) is 17.1. The van der Waals surface area contributed by atoms with E-state index < -0.39 is 0 Å². The van der Waals surface area contributed by atoms with Crippen molar-refractivity contribution in [3.63, 3.8) is 0 Å². The second kappa shape index (κ2) is 6.88. The number of benzene rings is 1. The maximum absolute atomic E-state index is 12.0. The predicted octanol–water partition coefficient (Wildman–Crippen LogP) is 2.58. The molecule has 1 aromatic carbocycles. The molecular weight excluding hydrogens is 316 g/mol. The molecule has 1 amide bonds. The number of nitrogens with one attached hydrogen (secondary N) is 2. The Morgan fingerprint density at radius 1 is 1.28 bits per heavy atom. The van der Waals surface area contributed by atoms with E-state index in [0.717, 1.165) is 31.4 Å². The minimum absolute atomic E-state index is 0.0837. The third-order valence-electron chi connectivity index (χ3n) is 4.49. The van der Waals surface area contributed by atoms with Crippen molar-refractivity contribution in [1.29, 1.82) is 0 Å². The highest BCUT2D eigenvalue weighted by atomic mass is 16.1. The van der Waals surface area contributed by atoms with Crippen LogP contribution in [0.5, 0.6) is 0 Å². The topological polar surface area (TPSA) is 88.5 Å². The molecule has 0 radical (unpaired) electrons. The molecule has 0 saturated heterocycles. The number of aromatic nitrogens is 5. The Morgan fingerprint density at radius 3 is 3.08 bits per heavy atom. The molecule has 7 nitrogen and oxygen atoms in total. The Balaban J connectivity index is 1.34. The van der Waals surface area contributed by atoms with Crippen LogP contribution in [0.2, 0.25) is 0 Å². The van der Waals surface area contributed by atoms with Crippen LogP contribution in [0.25, 0.3) is 11.4 Å². The number of aromatic amines is 1. The van der Waals surface area contributed by atoms with Crippen LogP contribution in [-0.4, -0.2) is 30.6 Å². The van der Waals surface area contributed by atoms with E-state index in [9.17, 15) is 4.79 Å². The molecular formula is C18H20N6O. The van der Waals surface area contributed by atoms with E-state index in [4.69, 9.17) is 0 Å². The molecule has 0 aliphatic heterocycles. The number of anilines is 1. The average molecular weight is 336 g/mol. The van der Waals surface area contributed by atoms with Gasteiger partial charge in [-0.2, -0.15) is 4.98 Å². The molecule has 1 aliphatic rings. The van der Waals surface area contributed by atoms with Crippen molar-refractivity contribution in [1.82, 2.24) is 24.7 Å². The van der Waals surface area contributed by atoms with Crippen molar-refractivity contribution in [2.45, 2.75) is 38.6 Å². The van der Waals surface area contributed by atoms with Crippen LogP contribution in [0.1, 0.15) is 30.4 Å². The van der Waals surface area contributed by atoms with Gasteiger partial charge in [0, 0.05) is 30.9 Å². The molecule has 0 fully saturated rings. The number of carbonyl (C=O) groups excluding carboxylic acids is 1. The van der Waals surface area contributed by atoms with E-state index >= 15 is 0 Å². The second-order valence-corrected chi connectivity index (χ2v) is 6.30. The van der Waals surface area contributed by atoms with Gasteiger partial charge in [0.15, 0.2) is 5.82 Å². The lowest BCUT2D eigenvalue weighted by atomic mass is 10.1. The second-order valence-electron chi connectivity index (χ2n) is 6.30. The number of nitrogens with zero attached hydrogens (tertiary/aromatic N) is 4. The molecule has 0 unspecified atom stereocenters. The third-order valence-corrected chi connectivity index (χ3v) is 4.49. The molecule has 2 heterocycles. The third kappa shape index (κ3) is 3.60. The van der Waals surface area contributed by atoms with E-state index in [1.54, 1.807) is 12.5 Å². The van der Waals surface area contributed by atoms with Gasteiger partial charge in [0.25, 0.3) is 0 Å². The van der Waals surface area contributed by atoms with Gasteiger partial charge in [-0.15, -0.1) is 5.10 Å². The number of fused-ring (bicyclic) bond motifs is 1. The quantitative estimate of drug-likeness (QED) is 0.724. The van der Waals surface area contributed by atoms with Crippen LogP contribution in [0.4, 0.5) is 5.95 Å². The molecule has 0 saturated carbocycles. The summed E-state index contributed by atoms with van der Waals surface area (Å²) in [5.74, 6) is 0.922. The Labute approximate surface area is 145 Å². The SMILES string of the molecule is O=C(CCCn1ccnc1)Nc1n[nH]c(-c2ccc3c(c2)CCC3)n1. The lowest BCUT2D eigenvalue weighted by Crippen LogP contribution is -2.13. The first-order chi connectivity index (χ1) is 12.3. The molecule has 4 rings (SSSR count). The minimum Gasteiger partial charge on any atom is -0.337 e. The Bertz CT molecular complexity index is 868. The fourth-order valence-corrected chi connectivity index (χ4v) is 3.19. The number of imidazole rings is 1. The fourth-order valence-electron chi connectivity index (χ4n) is 3.19. The van der Waals surface area contributed by atoms with Crippen LogP contribution in [0, 0.1) is 0 Å². The molecule has 3 aromatic rings. The standard InChI is InChI=1S/C18H20N6O/c25-16(5-2-9-24-10-8-19-12-24)20-18-21-17(22-23-18)15-7-6-13-3-1-4-14(13)11-15/h6-8,10-12H,1-5,9H2,(H2,20,21,22,23,25). The Hall–Kier alpha value is -2.96. The van der Waals surface area contributed by atoms with Crippen LogP contribution in [0.3, 0.4) is 0 Å². The van der Waals surface area contributed by atoms with Gasteiger partial charge < -0.3 is 4.57 Å². The van der Waals surface area contributed by atoms with E-state index in [1.807, 2.05) is 10.8 Å². The number of amides is 1. The zero-order valence-electron chi connectivity index (χ0n) is 13.9. The summed E-state index contributed by atoms with van der Waals surface area (Å²) in [4.78, 5) is 20.4. The smallest absolute Gasteiger partial charge is 0.249 e. The summed E-state index contributed by atoms with van der Waals surface area (Å²) in [6, 6.07) is 6.38. The summed E-state index contributed by atoms with van der Waals surface area (Å²) >= 11 is 0. The first-order valence-corrected chi connectivity index (χ1v) is 8.58. The normalized spacial score (nSPS) is 13.0. The van der Waals surface area contributed by atoms with E-state index in [1.165, 1.54) is 17.5 Å². The molecule has 128 valence electrons. The number of H-pyrrole nitrogens is 1. The lowest BCUT2D eigenvalue weighted by Gasteiger charge is -2.02. The monoisotopic (exact) mass is 336 g/mol. The number of hydrogen-bond acceptors (Lipinski definition) is 4. The molecule has 7 heteroatoms. The summed E-state index contributed by atoms with van der Waals surface area (Å²) in [5, 5.41) is 9.76. The molecule has 0 spiro atoms. The first kappa shape index (κ1) is 15.6. The maximum atomic E-state index is 12.0. The first-order valence-electron chi connectivity index (χ1n) is 8.58. The lowest BCUT2D eigenvalue weighted by molar-refractivity contribution is -0.116. The van der Waals surface area contributed by atoms with Gasteiger partial charge in [-0.25, -0.2) is 4.98 Å². The van der Waals surface area contributed by atoms with Crippen molar-refractivity contribution in [2.24, 2.45) is 0 Å². The van der Waals surface area contributed by atoms with Crippen LogP contribution in [-0.2, 0) is 24.2 Å². The largest absolute Gasteiger partial charge is 0.337 e. The number of carbonyl (C=O) groups is 1. The number of aryl methyl sites for hydroxylation is 3. The molecule has 0 atom stereocenters. The highest BCUT2D eigenvalue weighted by Gasteiger charge is 2.14. The average Bonchev–Trinajstić information content (AvgIpc) is 3.35. The van der Waals surface area contributed by atoms with Crippen molar-refractivity contribution in [3.8, 4) is 11.4 Å². The summed E-state index contributed by atoms with van der Waals surface area (Å²) in [6.45, 7) is 0.766. The van der Waals surface area contributed by atoms with Crippen LogP contribution in [0.15, 0.2) is 36.9 Å². The van der Waals surface area contributed by atoms with Gasteiger partial charge in [0.1, 0.15) is 0 Å². The van der Waals surface area contributed by atoms with E-state index in [2.05, 4.69) is 43.7 Å². The number of rotatable bonds is 6. The Morgan fingerprint density at radius 2 is 2.20 bits per heavy atom. The van der Waals surface area contributed by atoms with Crippen molar-refractivity contribution in [2.75, 3.05) is 5.32 Å². The summed E-state index contributed by atoms with van der Waals surface area (Å²) < 4.78 is 1.95. The molecule has 1 aliphatic carbocycles. The molecule has 25 heavy (non-hydrogen) atoms. The molecule has 2 aromatic heterocycles. The maximum Gasteiger partial charge on any atom is 0.249 e. The highest BCUT2D eigenvalue weighted by Crippen LogP contribution is 2.26. The van der Waals surface area contributed by atoms with Crippen LogP contribution < -0.4 is 5.32 Å². The van der Waals surface area contributed by atoms with Crippen molar-refractivity contribution < 1.29 is 4.79 Å². The van der Waals surface area contributed by atoms with Gasteiger partial charge in [0.2, 0.25) is 11.9 Å². The summed E-state index contributed by atoms with van der Waals surface area (Å²) in [7, 11) is 0. The highest BCUT2D eigenvalue weighted by molar-refractivity contribution is 5.89. The van der Waals surface area contributed by atoms with E-state index in [-0.39, 0.29) is 5.91 Å². The molecule has 0 bridgehead atoms. The van der Waals surface area contributed by atoms with Crippen molar-refractivity contribution in [3.05, 3.63) is 48.0 Å². The van der Waals surface area contributed by atoms with Gasteiger partial charge in [-0.05, 0) is 42.9 Å². The minimum atomic E-state index is -0.0837. The zero-order valence-corrected chi connectivity index (χ0v) is 13.9. The Kier molecular flexibility index (Phi) is 4.28. The van der Waals surface area contributed by atoms with Gasteiger partial charge in [0.05, 0.1) is 6.33 Å². The van der Waals surface area contributed by atoms with Crippen LogP contribution >= 0.6 is 0 Å². The fraction of sp³-hybridized carbons (Fsp3) is 0.333. The predicted molar refractivity (Wildman–Crippen MR) is 93.9 cm³/mol. The van der Waals surface area contributed by atoms with Gasteiger partial charge >= 0.3 is 0 Å². The van der Waals surface area contributed by atoms with Gasteiger partial charge in [-0.3, -0.25) is 15.2 Å². The van der Waals surface area contributed by atoms with E-state index in [0.29, 0.717) is 18.2 Å². The summed E-state index contributed by atoms with van der Waals surface area (Å²) in [6.07, 6.45) is 10.0. The van der Waals surface area contributed by atoms with Gasteiger partial charge in [-0.1, -0.05) is 12.1 Å².